The largest absolute Gasteiger partial charge is 0.393 e. The quantitative estimate of drug-likeness (QED) is 0.459. The number of hydrogen-bond acceptors (Lipinski definition) is 5. The maximum atomic E-state index is 10.7. The molecule has 1 rings (SSSR count). The fourth-order valence-corrected chi connectivity index (χ4v) is 1.48. The summed E-state index contributed by atoms with van der Waals surface area (Å²) in [6.07, 6.45) is 0. The highest BCUT2D eigenvalue weighted by molar-refractivity contribution is 5.59. The SMILES string of the molecule is COCCN(C)Cc1ccc(N)c([N+](=O)[O-])c1. The number of benzene rings is 1. The highest BCUT2D eigenvalue weighted by Gasteiger charge is 2.12. The van der Waals surface area contributed by atoms with Gasteiger partial charge in [-0.05, 0) is 18.7 Å². The van der Waals surface area contributed by atoms with Crippen molar-refractivity contribution in [2.24, 2.45) is 0 Å². The average molecular weight is 239 g/mol. The van der Waals surface area contributed by atoms with Gasteiger partial charge in [0.15, 0.2) is 0 Å². The van der Waals surface area contributed by atoms with Crippen LogP contribution in [-0.2, 0) is 11.3 Å². The molecule has 0 spiro atoms. The first-order chi connectivity index (χ1) is 8.04. The highest BCUT2D eigenvalue weighted by Crippen LogP contribution is 2.22. The Morgan fingerprint density at radius 3 is 2.82 bits per heavy atom. The number of anilines is 1. The Morgan fingerprint density at radius 2 is 2.24 bits per heavy atom. The van der Waals surface area contributed by atoms with Crippen LogP contribution < -0.4 is 5.73 Å². The maximum Gasteiger partial charge on any atom is 0.292 e. The van der Waals surface area contributed by atoms with Crippen LogP contribution in [0, 0.1) is 10.1 Å². The zero-order valence-electron chi connectivity index (χ0n) is 10.0. The standard InChI is InChI=1S/C11H17N3O3/c1-13(5-6-17-2)8-9-3-4-10(12)11(7-9)14(15)16/h3-4,7H,5-6,8,12H2,1-2H3. The third-order valence-corrected chi connectivity index (χ3v) is 2.42. The number of nitrogens with zero attached hydrogens (tertiary/aromatic N) is 2. The van der Waals surface area contributed by atoms with Gasteiger partial charge in [0.2, 0.25) is 0 Å². The minimum absolute atomic E-state index is 0.0392. The van der Waals surface area contributed by atoms with Crippen LogP contribution in [0.4, 0.5) is 11.4 Å². The van der Waals surface area contributed by atoms with Crippen LogP contribution in [0.15, 0.2) is 18.2 Å². The van der Waals surface area contributed by atoms with Gasteiger partial charge >= 0.3 is 0 Å². The second-order valence-corrected chi connectivity index (χ2v) is 3.88. The molecule has 1 aromatic carbocycles. The zero-order chi connectivity index (χ0) is 12.8. The van der Waals surface area contributed by atoms with Crippen molar-refractivity contribution in [3.05, 3.63) is 33.9 Å². The van der Waals surface area contributed by atoms with Crippen molar-refractivity contribution in [2.75, 3.05) is 33.0 Å². The summed E-state index contributed by atoms with van der Waals surface area (Å²) in [4.78, 5) is 12.3. The minimum Gasteiger partial charge on any atom is -0.393 e. The normalized spacial score (nSPS) is 10.8. The van der Waals surface area contributed by atoms with Crippen molar-refractivity contribution in [3.8, 4) is 0 Å². The average Bonchev–Trinajstić information content (AvgIpc) is 2.28. The van der Waals surface area contributed by atoms with Gasteiger partial charge in [-0.25, -0.2) is 0 Å². The molecule has 0 aliphatic carbocycles. The van der Waals surface area contributed by atoms with Gasteiger partial charge in [-0.1, -0.05) is 6.07 Å². The van der Waals surface area contributed by atoms with Gasteiger partial charge in [0.25, 0.3) is 5.69 Å². The van der Waals surface area contributed by atoms with Crippen molar-refractivity contribution in [1.29, 1.82) is 0 Å². The van der Waals surface area contributed by atoms with E-state index in [1.54, 1.807) is 19.2 Å². The van der Waals surface area contributed by atoms with Gasteiger partial charge < -0.3 is 10.5 Å². The summed E-state index contributed by atoms with van der Waals surface area (Å²) in [5, 5.41) is 10.7. The number of nitrogens with two attached hydrogens (primary N) is 1. The molecule has 0 bridgehead atoms. The summed E-state index contributed by atoms with van der Waals surface area (Å²) in [5.74, 6) is 0. The molecule has 17 heavy (non-hydrogen) atoms. The molecule has 0 heterocycles. The van der Waals surface area contributed by atoms with Crippen molar-refractivity contribution in [3.63, 3.8) is 0 Å². The topological polar surface area (TPSA) is 81.6 Å². The van der Waals surface area contributed by atoms with E-state index in [1.165, 1.54) is 6.07 Å². The number of methoxy groups -OCH3 is 1. The third-order valence-electron chi connectivity index (χ3n) is 2.42. The van der Waals surface area contributed by atoms with Gasteiger partial charge in [-0.2, -0.15) is 0 Å². The Hall–Kier alpha value is -1.66. The Bertz CT molecular complexity index is 396. The van der Waals surface area contributed by atoms with Crippen LogP contribution in [-0.4, -0.2) is 37.1 Å². The molecule has 0 amide bonds. The predicted octanol–water partition coefficient (Wildman–Crippen LogP) is 1.26. The van der Waals surface area contributed by atoms with E-state index in [0.717, 1.165) is 12.1 Å². The fraction of sp³-hybridized carbons (Fsp3) is 0.455. The van der Waals surface area contributed by atoms with E-state index in [4.69, 9.17) is 10.5 Å². The molecule has 94 valence electrons. The molecule has 0 saturated carbocycles. The van der Waals surface area contributed by atoms with Crippen molar-refractivity contribution in [1.82, 2.24) is 4.90 Å². The lowest BCUT2D eigenvalue weighted by molar-refractivity contribution is -0.384. The molecule has 6 heteroatoms. The Balaban J connectivity index is 2.72. The lowest BCUT2D eigenvalue weighted by atomic mass is 10.1. The number of rotatable bonds is 6. The lowest BCUT2D eigenvalue weighted by Crippen LogP contribution is -2.22. The second-order valence-electron chi connectivity index (χ2n) is 3.88. The van der Waals surface area contributed by atoms with Gasteiger partial charge in [-0.3, -0.25) is 15.0 Å². The van der Waals surface area contributed by atoms with E-state index in [0.29, 0.717) is 13.2 Å². The molecule has 6 nitrogen and oxygen atoms in total. The predicted molar refractivity (Wildman–Crippen MR) is 65.7 cm³/mol. The summed E-state index contributed by atoms with van der Waals surface area (Å²) in [6, 6.07) is 4.88. The number of nitro groups is 1. The van der Waals surface area contributed by atoms with Crippen LogP contribution in [0.1, 0.15) is 5.56 Å². The number of nitro benzene ring substituents is 1. The number of likely N-dealkylation sites (N-methyl/N-ethyl adjacent to an activating group) is 1. The summed E-state index contributed by atoms with van der Waals surface area (Å²) < 4.78 is 4.96. The van der Waals surface area contributed by atoms with Crippen LogP contribution in [0.3, 0.4) is 0 Å². The summed E-state index contributed by atoms with van der Waals surface area (Å²) in [5.41, 5.74) is 6.55. The van der Waals surface area contributed by atoms with Crippen LogP contribution in [0.5, 0.6) is 0 Å². The monoisotopic (exact) mass is 239 g/mol. The molecule has 0 aromatic heterocycles. The van der Waals surface area contributed by atoms with Crippen molar-refractivity contribution < 1.29 is 9.66 Å². The molecule has 0 fully saturated rings. The van der Waals surface area contributed by atoms with E-state index in [2.05, 4.69) is 0 Å². The molecular weight excluding hydrogens is 222 g/mol. The molecule has 0 unspecified atom stereocenters. The summed E-state index contributed by atoms with van der Waals surface area (Å²) in [6.45, 7) is 2.03. The van der Waals surface area contributed by atoms with E-state index in [-0.39, 0.29) is 11.4 Å². The summed E-state index contributed by atoms with van der Waals surface area (Å²) >= 11 is 0. The van der Waals surface area contributed by atoms with Crippen LogP contribution >= 0.6 is 0 Å². The fourth-order valence-electron chi connectivity index (χ4n) is 1.48. The first-order valence-electron chi connectivity index (χ1n) is 5.25. The number of ether oxygens (including phenoxy) is 1. The van der Waals surface area contributed by atoms with E-state index in [9.17, 15) is 10.1 Å². The molecule has 0 atom stereocenters. The third kappa shape index (κ3) is 4.01. The maximum absolute atomic E-state index is 10.7. The molecule has 0 radical (unpaired) electrons. The van der Waals surface area contributed by atoms with E-state index >= 15 is 0 Å². The Morgan fingerprint density at radius 1 is 1.53 bits per heavy atom. The van der Waals surface area contributed by atoms with Crippen LogP contribution in [0.25, 0.3) is 0 Å². The van der Waals surface area contributed by atoms with E-state index < -0.39 is 4.92 Å². The molecule has 0 aliphatic rings. The van der Waals surface area contributed by atoms with Crippen LogP contribution in [0.2, 0.25) is 0 Å². The number of nitrogen functional groups attached to an aromatic ring is 1. The van der Waals surface area contributed by atoms with Gasteiger partial charge in [0, 0.05) is 26.3 Å². The Labute approximate surface area is 100 Å². The van der Waals surface area contributed by atoms with E-state index in [1.807, 2.05) is 11.9 Å². The van der Waals surface area contributed by atoms with Gasteiger partial charge in [-0.15, -0.1) is 0 Å². The highest BCUT2D eigenvalue weighted by atomic mass is 16.6. The van der Waals surface area contributed by atoms with Crippen molar-refractivity contribution >= 4 is 11.4 Å². The summed E-state index contributed by atoms with van der Waals surface area (Å²) in [7, 11) is 3.57. The first-order valence-corrected chi connectivity index (χ1v) is 5.25. The molecule has 0 saturated heterocycles. The van der Waals surface area contributed by atoms with Gasteiger partial charge in [0.05, 0.1) is 11.5 Å². The van der Waals surface area contributed by atoms with Gasteiger partial charge in [0.1, 0.15) is 5.69 Å². The Kier molecular flexibility index (Phi) is 4.86. The molecule has 2 N–H and O–H groups in total. The minimum atomic E-state index is -0.464. The van der Waals surface area contributed by atoms with Crippen molar-refractivity contribution in [2.45, 2.75) is 6.54 Å². The zero-order valence-corrected chi connectivity index (χ0v) is 10.0. The molecular formula is C11H17N3O3. The molecule has 1 aromatic rings. The second kappa shape index (κ2) is 6.17. The number of hydrogen-bond donors (Lipinski definition) is 1. The first kappa shape index (κ1) is 13.4. The smallest absolute Gasteiger partial charge is 0.292 e. The lowest BCUT2D eigenvalue weighted by Gasteiger charge is -2.15. The molecule has 0 aliphatic heterocycles.